The van der Waals surface area contributed by atoms with Crippen LogP contribution in [0.15, 0.2) is 59.5 Å². The van der Waals surface area contributed by atoms with E-state index in [-0.39, 0.29) is 10.8 Å². The first-order chi connectivity index (χ1) is 15.8. The van der Waals surface area contributed by atoms with Crippen molar-refractivity contribution < 1.29 is 13.2 Å². The predicted molar refractivity (Wildman–Crippen MR) is 127 cm³/mol. The number of hydrogen-bond donors (Lipinski definition) is 1. The van der Waals surface area contributed by atoms with E-state index in [0.29, 0.717) is 29.9 Å². The number of carbonyl (C=O) groups is 1. The van der Waals surface area contributed by atoms with Gasteiger partial charge in [0.1, 0.15) is 0 Å². The van der Waals surface area contributed by atoms with E-state index in [1.54, 1.807) is 21.7 Å². The molecule has 1 aliphatic rings. The Hall–Kier alpha value is -3.56. The Morgan fingerprint density at radius 3 is 2.58 bits per heavy atom. The highest BCUT2D eigenvalue weighted by Gasteiger charge is 2.30. The van der Waals surface area contributed by atoms with Gasteiger partial charge in [-0.15, -0.1) is 0 Å². The van der Waals surface area contributed by atoms with Crippen molar-refractivity contribution in [1.82, 2.24) is 19.5 Å². The van der Waals surface area contributed by atoms with Crippen molar-refractivity contribution in [1.29, 1.82) is 0 Å². The Kier molecular flexibility index (Phi) is 5.02. The molecule has 1 amide bonds. The molecule has 0 bridgehead atoms. The van der Waals surface area contributed by atoms with Crippen LogP contribution in [0, 0.1) is 6.92 Å². The summed E-state index contributed by atoms with van der Waals surface area (Å²) in [6.45, 7) is 2.34. The van der Waals surface area contributed by atoms with Crippen LogP contribution in [0.3, 0.4) is 0 Å². The lowest BCUT2D eigenvalue weighted by atomic mass is 10.0. The lowest BCUT2D eigenvalue weighted by Crippen LogP contribution is -2.29. The molecule has 9 heteroatoms. The first kappa shape index (κ1) is 21.3. The molecule has 1 N–H and O–H groups in total. The maximum absolute atomic E-state index is 13.8. The predicted octanol–water partition coefficient (Wildman–Crippen LogP) is 3.05. The van der Waals surface area contributed by atoms with Crippen molar-refractivity contribution in [2.24, 2.45) is 7.05 Å². The molecule has 0 spiro atoms. The Morgan fingerprint density at radius 1 is 1.09 bits per heavy atom. The molecule has 1 aliphatic heterocycles. The van der Waals surface area contributed by atoms with Crippen molar-refractivity contribution in [2.45, 2.75) is 18.2 Å². The van der Waals surface area contributed by atoms with E-state index in [0.717, 1.165) is 27.9 Å². The number of anilines is 1. The van der Waals surface area contributed by atoms with Crippen LogP contribution >= 0.6 is 0 Å². The van der Waals surface area contributed by atoms with Crippen LogP contribution in [-0.2, 0) is 23.5 Å². The fourth-order valence-electron chi connectivity index (χ4n) is 4.39. The molecule has 5 rings (SSSR count). The zero-order chi connectivity index (χ0) is 23.3. The molecule has 0 unspecified atom stereocenters. The van der Waals surface area contributed by atoms with Crippen LogP contribution in [0.25, 0.3) is 22.3 Å². The molecule has 168 valence electrons. The molecular formula is C24H23N5O3S. The van der Waals surface area contributed by atoms with Gasteiger partial charge in [-0.2, -0.15) is 5.10 Å². The van der Waals surface area contributed by atoms with E-state index in [1.807, 2.05) is 50.4 Å². The monoisotopic (exact) mass is 461 g/mol. The van der Waals surface area contributed by atoms with Crippen molar-refractivity contribution >= 4 is 32.7 Å². The molecule has 0 aliphatic carbocycles. The van der Waals surface area contributed by atoms with E-state index < -0.39 is 10.0 Å². The highest BCUT2D eigenvalue weighted by Crippen LogP contribution is 2.34. The molecule has 0 radical (unpaired) electrons. The highest BCUT2D eigenvalue weighted by molar-refractivity contribution is 7.89. The topological polar surface area (TPSA) is 97.2 Å². The van der Waals surface area contributed by atoms with Gasteiger partial charge in [-0.25, -0.2) is 18.1 Å². The van der Waals surface area contributed by atoms with Gasteiger partial charge in [0.15, 0.2) is 5.65 Å². The number of sulfonamides is 1. The van der Waals surface area contributed by atoms with Gasteiger partial charge in [0.25, 0.3) is 5.91 Å². The van der Waals surface area contributed by atoms with Gasteiger partial charge in [-0.3, -0.25) is 9.48 Å². The van der Waals surface area contributed by atoms with Gasteiger partial charge in [0.05, 0.1) is 27.2 Å². The van der Waals surface area contributed by atoms with Crippen molar-refractivity contribution in [3.05, 3.63) is 71.4 Å². The number of pyridine rings is 1. The molecule has 3 heterocycles. The minimum Gasteiger partial charge on any atom is -0.308 e. The lowest BCUT2D eigenvalue weighted by Gasteiger charge is -2.19. The van der Waals surface area contributed by atoms with Crippen LogP contribution in [0.2, 0.25) is 0 Å². The van der Waals surface area contributed by atoms with Crippen molar-refractivity contribution in [3.63, 3.8) is 0 Å². The molecular weight excluding hydrogens is 438 g/mol. The standard InChI is InChI=1S/C24H23N5O3S/c1-15-22-19(14-20(16-7-5-4-6-8-16)26-23(22)28(3)27-15)24(30)29-12-11-17-13-18(9-10-21(17)29)33(31,32)25-2/h4-10,13-14,25H,11-12H2,1-3H3. The quantitative estimate of drug-likeness (QED) is 0.504. The number of aromatic nitrogens is 3. The molecule has 2 aromatic carbocycles. The molecule has 4 aromatic rings. The number of rotatable bonds is 4. The van der Waals surface area contributed by atoms with Crippen LogP contribution in [0.4, 0.5) is 5.69 Å². The minimum atomic E-state index is -3.55. The van der Waals surface area contributed by atoms with Gasteiger partial charge < -0.3 is 4.90 Å². The number of carbonyl (C=O) groups excluding carboxylic acids is 1. The maximum atomic E-state index is 13.8. The van der Waals surface area contributed by atoms with Crippen LogP contribution in [0.5, 0.6) is 0 Å². The number of benzene rings is 2. The molecule has 0 saturated carbocycles. The summed E-state index contributed by atoms with van der Waals surface area (Å²) in [5.41, 5.74) is 5.08. The van der Waals surface area contributed by atoms with Gasteiger partial charge in [-0.1, -0.05) is 30.3 Å². The number of aryl methyl sites for hydroxylation is 2. The average Bonchev–Trinajstić information content (AvgIpc) is 3.38. The third-order valence-electron chi connectivity index (χ3n) is 6.04. The Balaban J connectivity index is 1.63. The maximum Gasteiger partial charge on any atom is 0.259 e. The van der Waals surface area contributed by atoms with Gasteiger partial charge in [0.2, 0.25) is 10.0 Å². The summed E-state index contributed by atoms with van der Waals surface area (Å²) < 4.78 is 28.4. The van der Waals surface area contributed by atoms with Crippen molar-refractivity contribution in [3.8, 4) is 11.3 Å². The summed E-state index contributed by atoms with van der Waals surface area (Å²) in [5.74, 6) is -0.154. The first-order valence-electron chi connectivity index (χ1n) is 10.6. The van der Waals surface area contributed by atoms with Crippen molar-refractivity contribution in [2.75, 3.05) is 18.5 Å². The molecule has 8 nitrogen and oxygen atoms in total. The average molecular weight is 462 g/mol. The van der Waals surface area contributed by atoms with E-state index in [9.17, 15) is 13.2 Å². The van der Waals surface area contributed by atoms with E-state index in [4.69, 9.17) is 4.98 Å². The SMILES string of the molecule is CNS(=O)(=O)c1ccc2c(c1)CCN2C(=O)c1cc(-c2ccccc2)nc2c1c(C)nn2C. The molecule has 0 saturated heterocycles. The largest absolute Gasteiger partial charge is 0.308 e. The summed E-state index contributed by atoms with van der Waals surface area (Å²) >= 11 is 0. The second-order valence-electron chi connectivity index (χ2n) is 8.03. The zero-order valence-corrected chi connectivity index (χ0v) is 19.3. The minimum absolute atomic E-state index is 0.154. The van der Waals surface area contributed by atoms with E-state index in [1.165, 1.54) is 13.1 Å². The van der Waals surface area contributed by atoms with Gasteiger partial charge >= 0.3 is 0 Å². The summed E-state index contributed by atoms with van der Waals surface area (Å²) in [4.78, 5) is 20.5. The van der Waals surface area contributed by atoms with Gasteiger partial charge in [-0.05, 0) is 50.2 Å². The van der Waals surface area contributed by atoms with E-state index in [2.05, 4.69) is 9.82 Å². The van der Waals surface area contributed by atoms with E-state index >= 15 is 0 Å². The van der Waals surface area contributed by atoms with Gasteiger partial charge in [0, 0.05) is 24.8 Å². The zero-order valence-electron chi connectivity index (χ0n) is 18.5. The highest BCUT2D eigenvalue weighted by atomic mass is 32.2. The molecule has 0 atom stereocenters. The third kappa shape index (κ3) is 3.49. The number of nitrogens with zero attached hydrogens (tertiary/aromatic N) is 4. The Labute approximate surface area is 191 Å². The summed E-state index contributed by atoms with van der Waals surface area (Å²) in [5, 5.41) is 5.22. The van der Waals surface area contributed by atoms with Crippen LogP contribution in [-0.4, -0.2) is 42.7 Å². The smallest absolute Gasteiger partial charge is 0.259 e. The normalized spacial score (nSPS) is 13.5. The number of fused-ring (bicyclic) bond motifs is 2. The molecule has 2 aromatic heterocycles. The Bertz CT molecular complexity index is 1510. The Morgan fingerprint density at radius 2 is 1.85 bits per heavy atom. The van der Waals surface area contributed by atoms with Crippen LogP contribution in [0.1, 0.15) is 21.6 Å². The summed E-state index contributed by atoms with van der Waals surface area (Å²) in [6.07, 6.45) is 0.583. The second-order valence-corrected chi connectivity index (χ2v) is 9.92. The summed E-state index contributed by atoms with van der Waals surface area (Å²) in [7, 11) is -0.348. The number of nitrogens with one attached hydrogen (secondary N) is 1. The number of hydrogen-bond acceptors (Lipinski definition) is 5. The van der Waals surface area contributed by atoms with Crippen LogP contribution < -0.4 is 9.62 Å². The second kappa shape index (κ2) is 7.79. The molecule has 33 heavy (non-hydrogen) atoms. The third-order valence-corrected chi connectivity index (χ3v) is 7.45. The first-order valence-corrected chi connectivity index (χ1v) is 12.1. The fourth-order valence-corrected chi connectivity index (χ4v) is 5.17. The summed E-state index contributed by atoms with van der Waals surface area (Å²) in [6, 6.07) is 16.4. The fraction of sp³-hybridized carbons (Fsp3) is 0.208. The molecule has 0 fully saturated rings. The lowest BCUT2D eigenvalue weighted by molar-refractivity contribution is 0.0991. The number of amides is 1.